The first-order valence-electron chi connectivity index (χ1n) is 7.35. The van der Waals surface area contributed by atoms with Gasteiger partial charge in [-0.2, -0.15) is 5.10 Å². The lowest BCUT2D eigenvalue weighted by Gasteiger charge is -2.19. The summed E-state index contributed by atoms with van der Waals surface area (Å²) < 4.78 is 1.85. The number of fused-ring (bicyclic) bond motifs is 1. The van der Waals surface area contributed by atoms with E-state index in [0.717, 1.165) is 18.7 Å². The average Bonchev–Trinajstić information content (AvgIpc) is 2.94. The van der Waals surface area contributed by atoms with E-state index in [1.54, 1.807) is 0 Å². The molecule has 108 valence electrons. The molecule has 0 aliphatic carbocycles. The summed E-state index contributed by atoms with van der Waals surface area (Å²) in [7, 11) is 1.95. The number of rotatable bonds is 5. The number of nitrogens with zero attached hydrogens (tertiary/aromatic N) is 3. The molecule has 1 atom stereocenters. The standard InChI is InChI=1S/C17H20N4/c1-3-9-19-17(16-8-11-21(2)20-16)14-6-4-5-13-7-10-18-12-15(13)14/h4-8,10-12,17,19H,3,9H2,1-2H3. The predicted molar refractivity (Wildman–Crippen MR) is 85.1 cm³/mol. The molecule has 0 aliphatic heterocycles. The minimum atomic E-state index is 0.0963. The number of benzene rings is 1. The number of hydrogen-bond acceptors (Lipinski definition) is 3. The molecule has 1 unspecified atom stereocenters. The van der Waals surface area contributed by atoms with E-state index < -0.39 is 0 Å². The van der Waals surface area contributed by atoms with Gasteiger partial charge >= 0.3 is 0 Å². The van der Waals surface area contributed by atoms with Crippen LogP contribution in [-0.2, 0) is 7.05 Å². The molecule has 0 bridgehead atoms. The van der Waals surface area contributed by atoms with Crippen molar-refractivity contribution < 1.29 is 0 Å². The highest BCUT2D eigenvalue weighted by Crippen LogP contribution is 2.27. The molecule has 1 N–H and O–H groups in total. The Hall–Kier alpha value is -2.20. The summed E-state index contributed by atoms with van der Waals surface area (Å²) >= 11 is 0. The van der Waals surface area contributed by atoms with Gasteiger partial charge in [-0.1, -0.05) is 25.1 Å². The number of aromatic nitrogens is 3. The minimum absolute atomic E-state index is 0.0963. The number of aryl methyl sites for hydroxylation is 1. The molecule has 2 aromatic heterocycles. The van der Waals surface area contributed by atoms with Crippen LogP contribution in [0.2, 0.25) is 0 Å². The Bertz CT molecular complexity index is 727. The summed E-state index contributed by atoms with van der Waals surface area (Å²) in [6.45, 7) is 3.13. The zero-order chi connectivity index (χ0) is 14.7. The number of pyridine rings is 1. The van der Waals surface area contributed by atoms with Crippen molar-refractivity contribution in [3.05, 3.63) is 60.2 Å². The zero-order valence-electron chi connectivity index (χ0n) is 12.5. The summed E-state index contributed by atoms with van der Waals surface area (Å²) in [6, 6.07) is 10.6. The Balaban J connectivity index is 2.09. The van der Waals surface area contributed by atoms with Crippen LogP contribution in [0, 0.1) is 0 Å². The van der Waals surface area contributed by atoms with Gasteiger partial charge in [-0.25, -0.2) is 0 Å². The third-order valence-corrected chi connectivity index (χ3v) is 3.66. The van der Waals surface area contributed by atoms with Gasteiger partial charge in [0.1, 0.15) is 0 Å². The molecule has 2 heterocycles. The van der Waals surface area contributed by atoms with Crippen LogP contribution in [0.15, 0.2) is 48.9 Å². The molecule has 0 saturated carbocycles. The Morgan fingerprint density at radius 1 is 1.24 bits per heavy atom. The first-order valence-corrected chi connectivity index (χ1v) is 7.35. The summed E-state index contributed by atoms with van der Waals surface area (Å²) in [5, 5.41) is 10.6. The van der Waals surface area contributed by atoms with Crippen LogP contribution in [0.25, 0.3) is 10.8 Å². The topological polar surface area (TPSA) is 42.7 Å². The van der Waals surface area contributed by atoms with Gasteiger partial charge in [0.15, 0.2) is 0 Å². The van der Waals surface area contributed by atoms with E-state index in [1.165, 1.54) is 16.3 Å². The van der Waals surface area contributed by atoms with Gasteiger partial charge in [-0.05, 0) is 36.0 Å². The van der Waals surface area contributed by atoms with Gasteiger partial charge in [0, 0.05) is 31.0 Å². The third kappa shape index (κ3) is 2.81. The lowest BCUT2D eigenvalue weighted by molar-refractivity contribution is 0.578. The Morgan fingerprint density at radius 2 is 2.14 bits per heavy atom. The van der Waals surface area contributed by atoms with Crippen LogP contribution >= 0.6 is 0 Å². The van der Waals surface area contributed by atoms with Gasteiger partial charge in [-0.3, -0.25) is 9.67 Å². The van der Waals surface area contributed by atoms with Gasteiger partial charge in [0.25, 0.3) is 0 Å². The van der Waals surface area contributed by atoms with Crippen molar-refractivity contribution in [1.29, 1.82) is 0 Å². The van der Waals surface area contributed by atoms with Gasteiger partial charge in [0.05, 0.1) is 11.7 Å². The second kappa shape index (κ2) is 6.06. The lowest BCUT2D eigenvalue weighted by Crippen LogP contribution is -2.24. The molecule has 4 heteroatoms. The summed E-state index contributed by atoms with van der Waals surface area (Å²) in [6.07, 6.45) is 6.85. The number of hydrogen-bond donors (Lipinski definition) is 1. The maximum absolute atomic E-state index is 4.58. The maximum atomic E-state index is 4.58. The maximum Gasteiger partial charge on any atom is 0.0839 e. The molecule has 0 fully saturated rings. The molecular weight excluding hydrogens is 260 g/mol. The quantitative estimate of drug-likeness (QED) is 0.781. The van der Waals surface area contributed by atoms with Crippen LogP contribution in [-0.4, -0.2) is 21.3 Å². The van der Waals surface area contributed by atoms with E-state index in [0.29, 0.717) is 0 Å². The monoisotopic (exact) mass is 280 g/mol. The van der Waals surface area contributed by atoms with E-state index in [4.69, 9.17) is 0 Å². The summed E-state index contributed by atoms with van der Waals surface area (Å²) in [5.41, 5.74) is 2.27. The van der Waals surface area contributed by atoms with Crippen LogP contribution in [0.1, 0.15) is 30.6 Å². The van der Waals surface area contributed by atoms with Gasteiger partial charge in [-0.15, -0.1) is 0 Å². The van der Waals surface area contributed by atoms with Crippen molar-refractivity contribution in [2.24, 2.45) is 7.05 Å². The first-order chi connectivity index (χ1) is 10.3. The number of nitrogens with one attached hydrogen (secondary N) is 1. The summed E-state index contributed by atoms with van der Waals surface area (Å²) in [4.78, 5) is 4.28. The van der Waals surface area contributed by atoms with Crippen LogP contribution in [0.4, 0.5) is 0 Å². The fraction of sp³-hybridized carbons (Fsp3) is 0.294. The van der Waals surface area contributed by atoms with E-state index >= 15 is 0 Å². The molecule has 4 nitrogen and oxygen atoms in total. The molecule has 21 heavy (non-hydrogen) atoms. The SMILES string of the molecule is CCCNC(c1ccn(C)n1)c1cccc2ccncc12. The third-order valence-electron chi connectivity index (χ3n) is 3.66. The van der Waals surface area contributed by atoms with Crippen LogP contribution in [0.5, 0.6) is 0 Å². The van der Waals surface area contributed by atoms with Gasteiger partial charge < -0.3 is 5.32 Å². The van der Waals surface area contributed by atoms with E-state index in [-0.39, 0.29) is 6.04 Å². The van der Waals surface area contributed by atoms with Crippen molar-refractivity contribution in [2.75, 3.05) is 6.54 Å². The Labute approximate surface area is 124 Å². The summed E-state index contributed by atoms with van der Waals surface area (Å²) in [5.74, 6) is 0. The smallest absolute Gasteiger partial charge is 0.0839 e. The fourth-order valence-corrected chi connectivity index (χ4v) is 2.64. The van der Waals surface area contributed by atoms with Crippen molar-refractivity contribution in [1.82, 2.24) is 20.1 Å². The Morgan fingerprint density at radius 3 is 2.90 bits per heavy atom. The van der Waals surface area contributed by atoms with Crippen LogP contribution in [0.3, 0.4) is 0 Å². The van der Waals surface area contributed by atoms with Crippen molar-refractivity contribution in [3.8, 4) is 0 Å². The molecule has 0 aliphatic rings. The molecule has 3 aromatic rings. The zero-order valence-corrected chi connectivity index (χ0v) is 12.5. The normalized spacial score (nSPS) is 12.7. The van der Waals surface area contributed by atoms with Crippen LogP contribution < -0.4 is 5.32 Å². The Kier molecular flexibility index (Phi) is 3.97. The van der Waals surface area contributed by atoms with E-state index in [1.807, 2.05) is 36.4 Å². The molecule has 0 radical (unpaired) electrons. The van der Waals surface area contributed by atoms with E-state index in [9.17, 15) is 0 Å². The fourth-order valence-electron chi connectivity index (χ4n) is 2.64. The van der Waals surface area contributed by atoms with Gasteiger partial charge in [0.2, 0.25) is 0 Å². The second-order valence-corrected chi connectivity index (χ2v) is 5.25. The lowest BCUT2D eigenvalue weighted by atomic mass is 9.98. The molecule has 0 saturated heterocycles. The molecular formula is C17H20N4. The van der Waals surface area contributed by atoms with Crippen molar-refractivity contribution in [2.45, 2.75) is 19.4 Å². The van der Waals surface area contributed by atoms with Crippen molar-refractivity contribution >= 4 is 10.8 Å². The minimum Gasteiger partial charge on any atom is -0.305 e. The average molecular weight is 280 g/mol. The highest BCUT2D eigenvalue weighted by molar-refractivity contribution is 5.85. The molecule has 3 rings (SSSR count). The highest BCUT2D eigenvalue weighted by Gasteiger charge is 2.18. The molecule has 0 amide bonds. The second-order valence-electron chi connectivity index (χ2n) is 5.25. The molecule has 0 spiro atoms. The first kappa shape index (κ1) is 13.8. The van der Waals surface area contributed by atoms with Crippen molar-refractivity contribution in [3.63, 3.8) is 0 Å². The van der Waals surface area contributed by atoms with E-state index in [2.05, 4.69) is 46.6 Å². The largest absolute Gasteiger partial charge is 0.305 e. The highest BCUT2D eigenvalue weighted by atomic mass is 15.3. The predicted octanol–water partition coefficient (Wildman–Crippen LogP) is 3.06. The molecule has 1 aromatic carbocycles.